The molecule has 1 aromatic carbocycles. The van der Waals surface area contributed by atoms with E-state index in [1.807, 2.05) is 0 Å². The Morgan fingerprint density at radius 2 is 1.91 bits per heavy atom. The third-order valence-corrected chi connectivity index (χ3v) is 5.43. The van der Waals surface area contributed by atoms with E-state index in [0.717, 1.165) is 50.8 Å². The first-order chi connectivity index (χ1) is 10.6. The molecular weight excluding hydrogens is 315 g/mol. The van der Waals surface area contributed by atoms with Gasteiger partial charge in [-0.25, -0.2) is 4.39 Å². The SMILES string of the molecule is CC1CCNCC1NC(=O)C1(c2ccc(F)cc2)CCCC1.Cl. The van der Waals surface area contributed by atoms with Gasteiger partial charge in [-0.2, -0.15) is 0 Å². The molecule has 1 heterocycles. The lowest BCUT2D eigenvalue weighted by Gasteiger charge is -2.35. The van der Waals surface area contributed by atoms with Crippen molar-refractivity contribution in [2.45, 2.75) is 50.5 Å². The van der Waals surface area contributed by atoms with Crippen LogP contribution >= 0.6 is 12.4 Å². The maximum atomic E-state index is 13.2. The van der Waals surface area contributed by atoms with E-state index in [1.165, 1.54) is 12.1 Å². The minimum Gasteiger partial charge on any atom is -0.351 e. The fraction of sp³-hybridized carbons (Fsp3) is 0.611. The predicted molar refractivity (Wildman–Crippen MR) is 92.4 cm³/mol. The third-order valence-electron chi connectivity index (χ3n) is 5.43. The molecule has 128 valence electrons. The van der Waals surface area contributed by atoms with Crippen LogP contribution in [0.1, 0.15) is 44.6 Å². The highest BCUT2D eigenvalue weighted by atomic mass is 35.5. The van der Waals surface area contributed by atoms with Gasteiger partial charge in [0.05, 0.1) is 5.41 Å². The number of hydrogen-bond acceptors (Lipinski definition) is 2. The summed E-state index contributed by atoms with van der Waals surface area (Å²) in [5, 5.41) is 6.63. The summed E-state index contributed by atoms with van der Waals surface area (Å²) < 4.78 is 13.2. The van der Waals surface area contributed by atoms with Crippen LogP contribution in [0.2, 0.25) is 0 Å². The highest BCUT2D eigenvalue weighted by molar-refractivity contribution is 5.88. The van der Waals surface area contributed by atoms with Crippen LogP contribution in [0.25, 0.3) is 0 Å². The molecule has 0 bridgehead atoms. The van der Waals surface area contributed by atoms with Crippen molar-refractivity contribution in [1.29, 1.82) is 0 Å². The summed E-state index contributed by atoms with van der Waals surface area (Å²) >= 11 is 0. The van der Waals surface area contributed by atoms with Crippen LogP contribution in [0.15, 0.2) is 24.3 Å². The van der Waals surface area contributed by atoms with E-state index in [-0.39, 0.29) is 30.2 Å². The van der Waals surface area contributed by atoms with Gasteiger partial charge in [-0.05, 0) is 49.4 Å². The number of amides is 1. The second kappa shape index (κ2) is 7.63. The van der Waals surface area contributed by atoms with Gasteiger partial charge in [0.25, 0.3) is 0 Å². The zero-order valence-electron chi connectivity index (χ0n) is 13.6. The van der Waals surface area contributed by atoms with Gasteiger partial charge in [0, 0.05) is 12.6 Å². The number of halogens is 2. The molecular formula is C18H26ClFN2O. The van der Waals surface area contributed by atoms with E-state index in [9.17, 15) is 9.18 Å². The smallest absolute Gasteiger partial charge is 0.230 e. The van der Waals surface area contributed by atoms with E-state index in [0.29, 0.717) is 5.92 Å². The Bertz CT molecular complexity index is 528. The van der Waals surface area contributed by atoms with Gasteiger partial charge in [-0.15, -0.1) is 12.4 Å². The molecule has 1 saturated carbocycles. The molecule has 1 saturated heterocycles. The second-order valence-corrected chi connectivity index (χ2v) is 6.85. The Labute approximate surface area is 143 Å². The number of hydrogen-bond donors (Lipinski definition) is 2. The van der Waals surface area contributed by atoms with Crippen LogP contribution in [0.5, 0.6) is 0 Å². The van der Waals surface area contributed by atoms with Crippen molar-refractivity contribution in [2.24, 2.45) is 5.92 Å². The largest absolute Gasteiger partial charge is 0.351 e. The summed E-state index contributed by atoms with van der Waals surface area (Å²) in [6, 6.07) is 6.69. The Balaban J connectivity index is 0.00000192. The molecule has 1 amide bonds. The van der Waals surface area contributed by atoms with Gasteiger partial charge in [-0.1, -0.05) is 31.9 Å². The Hall–Kier alpha value is -1.13. The maximum absolute atomic E-state index is 13.2. The minimum atomic E-state index is -0.467. The van der Waals surface area contributed by atoms with E-state index in [4.69, 9.17) is 0 Å². The number of benzene rings is 1. The quantitative estimate of drug-likeness (QED) is 0.887. The molecule has 0 spiro atoms. The lowest BCUT2D eigenvalue weighted by molar-refractivity contribution is -0.127. The van der Waals surface area contributed by atoms with Crippen molar-refractivity contribution in [3.05, 3.63) is 35.6 Å². The van der Waals surface area contributed by atoms with Crippen LogP contribution in [-0.2, 0) is 10.2 Å². The Kier molecular flexibility index (Phi) is 6.04. The standard InChI is InChI=1S/C18H25FN2O.ClH/c1-13-8-11-20-12-16(13)21-17(22)18(9-2-3-10-18)14-4-6-15(19)7-5-14;/h4-7,13,16,20H,2-3,8-12H2,1H3,(H,21,22);1H. The first-order valence-electron chi connectivity index (χ1n) is 8.39. The number of carbonyl (C=O) groups is 1. The highest BCUT2D eigenvalue weighted by Crippen LogP contribution is 2.41. The van der Waals surface area contributed by atoms with Crippen LogP contribution in [-0.4, -0.2) is 25.0 Å². The highest BCUT2D eigenvalue weighted by Gasteiger charge is 2.43. The molecule has 2 aliphatic rings. The fourth-order valence-corrected chi connectivity index (χ4v) is 3.88. The maximum Gasteiger partial charge on any atom is 0.230 e. The van der Waals surface area contributed by atoms with E-state index < -0.39 is 5.41 Å². The monoisotopic (exact) mass is 340 g/mol. The topological polar surface area (TPSA) is 41.1 Å². The molecule has 2 atom stereocenters. The molecule has 2 fully saturated rings. The van der Waals surface area contributed by atoms with E-state index in [2.05, 4.69) is 17.6 Å². The Morgan fingerprint density at radius 1 is 1.26 bits per heavy atom. The second-order valence-electron chi connectivity index (χ2n) is 6.85. The molecule has 1 aromatic rings. The molecule has 2 unspecified atom stereocenters. The molecule has 1 aliphatic carbocycles. The van der Waals surface area contributed by atoms with Crippen LogP contribution in [0.3, 0.4) is 0 Å². The summed E-state index contributed by atoms with van der Waals surface area (Å²) in [7, 11) is 0. The molecule has 5 heteroatoms. The molecule has 1 aliphatic heterocycles. The Morgan fingerprint density at radius 3 is 2.52 bits per heavy atom. The summed E-state index contributed by atoms with van der Waals surface area (Å²) in [4.78, 5) is 13.0. The molecule has 2 N–H and O–H groups in total. The van der Waals surface area contributed by atoms with Gasteiger partial charge in [-0.3, -0.25) is 4.79 Å². The molecule has 23 heavy (non-hydrogen) atoms. The zero-order chi connectivity index (χ0) is 15.6. The van der Waals surface area contributed by atoms with Crippen molar-refractivity contribution in [2.75, 3.05) is 13.1 Å². The molecule has 0 radical (unpaired) electrons. The van der Waals surface area contributed by atoms with Crippen molar-refractivity contribution >= 4 is 18.3 Å². The summed E-state index contributed by atoms with van der Waals surface area (Å²) in [6.45, 7) is 4.06. The van der Waals surface area contributed by atoms with Crippen molar-refractivity contribution < 1.29 is 9.18 Å². The van der Waals surface area contributed by atoms with Gasteiger partial charge >= 0.3 is 0 Å². The first kappa shape index (κ1) is 18.2. The van der Waals surface area contributed by atoms with Crippen LogP contribution in [0.4, 0.5) is 4.39 Å². The lowest BCUT2D eigenvalue weighted by atomic mass is 9.77. The van der Waals surface area contributed by atoms with Gasteiger partial charge < -0.3 is 10.6 Å². The summed E-state index contributed by atoms with van der Waals surface area (Å²) in [5.41, 5.74) is 0.491. The zero-order valence-corrected chi connectivity index (χ0v) is 14.4. The van der Waals surface area contributed by atoms with Crippen molar-refractivity contribution in [3.8, 4) is 0 Å². The van der Waals surface area contributed by atoms with Crippen LogP contribution in [0, 0.1) is 11.7 Å². The van der Waals surface area contributed by atoms with E-state index >= 15 is 0 Å². The average Bonchev–Trinajstić information content (AvgIpc) is 3.01. The van der Waals surface area contributed by atoms with Crippen molar-refractivity contribution in [3.63, 3.8) is 0 Å². The van der Waals surface area contributed by atoms with E-state index in [1.54, 1.807) is 12.1 Å². The summed E-state index contributed by atoms with van der Waals surface area (Å²) in [6.07, 6.45) is 4.93. The predicted octanol–water partition coefficient (Wildman–Crippen LogP) is 3.17. The van der Waals surface area contributed by atoms with Gasteiger partial charge in [0.1, 0.15) is 5.82 Å². The molecule has 3 nitrogen and oxygen atoms in total. The first-order valence-corrected chi connectivity index (χ1v) is 8.39. The number of carbonyl (C=O) groups excluding carboxylic acids is 1. The molecule has 0 aromatic heterocycles. The van der Waals surface area contributed by atoms with Gasteiger partial charge in [0.2, 0.25) is 5.91 Å². The lowest BCUT2D eigenvalue weighted by Crippen LogP contribution is -2.54. The number of nitrogens with one attached hydrogen (secondary N) is 2. The number of piperidine rings is 1. The third kappa shape index (κ3) is 3.69. The fourth-order valence-electron chi connectivity index (χ4n) is 3.88. The molecule has 3 rings (SSSR count). The number of rotatable bonds is 3. The average molecular weight is 341 g/mol. The van der Waals surface area contributed by atoms with Gasteiger partial charge in [0.15, 0.2) is 0 Å². The summed E-state index contributed by atoms with van der Waals surface area (Å²) in [5.74, 6) is 0.372. The van der Waals surface area contributed by atoms with Crippen LogP contribution < -0.4 is 10.6 Å². The van der Waals surface area contributed by atoms with Crippen molar-refractivity contribution in [1.82, 2.24) is 10.6 Å². The normalized spacial score (nSPS) is 26.3. The minimum absolute atomic E-state index is 0.